The fourth-order valence-electron chi connectivity index (χ4n) is 2.22. The van der Waals surface area contributed by atoms with Crippen LogP contribution in [0.1, 0.15) is 50.2 Å². The van der Waals surface area contributed by atoms with Crippen molar-refractivity contribution in [2.24, 2.45) is 4.99 Å². The molecule has 0 saturated heterocycles. The number of nitrogens with one attached hydrogen (secondary N) is 2. The molecule has 0 aliphatic rings. The predicted octanol–water partition coefficient (Wildman–Crippen LogP) is 3.86. The van der Waals surface area contributed by atoms with Crippen LogP contribution in [0.4, 0.5) is 0 Å². The molecule has 2 atom stereocenters. The summed E-state index contributed by atoms with van der Waals surface area (Å²) < 4.78 is 10.7. The van der Waals surface area contributed by atoms with E-state index in [9.17, 15) is 0 Å². The second-order valence-corrected chi connectivity index (χ2v) is 5.92. The topological polar surface area (TPSA) is 84.6 Å². The molecule has 0 fully saturated rings. The minimum absolute atomic E-state index is 0. The van der Waals surface area contributed by atoms with Gasteiger partial charge in [-0.05, 0) is 38.5 Å². The fraction of sp³-hybridized carbons (Fsp3) is 0.471. The van der Waals surface area contributed by atoms with Crippen LogP contribution in [-0.4, -0.2) is 29.8 Å². The van der Waals surface area contributed by atoms with Crippen LogP contribution in [0.15, 0.2) is 33.8 Å². The Balaban J connectivity index is 0.00000338. The number of rotatable bonds is 7. The lowest BCUT2D eigenvalue weighted by molar-refractivity contribution is 0.0683. The second-order valence-electron chi connectivity index (χ2n) is 5.49. The Labute approximate surface area is 176 Å². The van der Waals surface area contributed by atoms with Crippen LogP contribution in [-0.2, 0) is 11.3 Å². The van der Waals surface area contributed by atoms with Gasteiger partial charge in [0.15, 0.2) is 11.8 Å². The number of halogens is 2. The van der Waals surface area contributed by atoms with E-state index in [2.05, 4.69) is 25.8 Å². The standard InChI is InChI=1S/C17H24ClN5O2.HI/c1-5-24-12(3)16-22-15(25-23-16)10-20-17(19-4)21-11(2)13-6-8-14(18)9-7-13;/h6-9,11-12H,5,10H2,1-4H3,(H2,19,20,21);1H. The highest BCUT2D eigenvalue weighted by Gasteiger charge is 2.14. The number of aliphatic imine (C=N–C) groups is 1. The third-order valence-electron chi connectivity index (χ3n) is 3.62. The number of ether oxygens (including phenoxy) is 1. The van der Waals surface area contributed by atoms with Crippen LogP contribution in [0.2, 0.25) is 5.02 Å². The number of guanidine groups is 1. The van der Waals surface area contributed by atoms with Gasteiger partial charge in [-0.25, -0.2) is 0 Å². The first-order valence-electron chi connectivity index (χ1n) is 8.20. The Morgan fingerprint density at radius 2 is 2.00 bits per heavy atom. The summed E-state index contributed by atoms with van der Waals surface area (Å²) in [5, 5.41) is 11.1. The molecule has 0 spiro atoms. The average Bonchev–Trinajstić information content (AvgIpc) is 3.08. The Kier molecular flexibility index (Phi) is 9.89. The molecule has 7 nitrogen and oxygen atoms in total. The maximum atomic E-state index is 5.92. The lowest BCUT2D eigenvalue weighted by atomic mass is 10.1. The summed E-state index contributed by atoms with van der Waals surface area (Å²) in [5.41, 5.74) is 1.11. The summed E-state index contributed by atoms with van der Waals surface area (Å²) in [4.78, 5) is 8.53. The molecule has 0 bridgehead atoms. The molecule has 2 rings (SSSR count). The summed E-state index contributed by atoms with van der Waals surface area (Å²) in [5.74, 6) is 1.65. The van der Waals surface area contributed by atoms with E-state index < -0.39 is 0 Å². The van der Waals surface area contributed by atoms with Gasteiger partial charge in [0.05, 0.1) is 12.6 Å². The van der Waals surface area contributed by atoms with Gasteiger partial charge in [-0.3, -0.25) is 4.99 Å². The Bertz CT molecular complexity index is 693. The van der Waals surface area contributed by atoms with Crippen LogP contribution < -0.4 is 10.6 Å². The Morgan fingerprint density at radius 3 is 2.62 bits per heavy atom. The first kappa shape index (κ1) is 22.7. The monoisotopic (exact) mass is 493 g/mol. The molecule has 0 aliphatic carbocycles. The van der Waals surface area contributed by atoms with Gasteiger partial charge in [0, 0.05) is 18.7 Å². The lowest BCUT2D eigenvalue weighted by Crippen LogP contribution is -2.38. The van der Waals surface area contributed by atoms with Gasteiger partial charge in [-0.2, -0.15) is 4.98 Å². The van der Waals surface area contributed by atoms with Crippen LogP contribution in [0, 0.1) is 0 Å². The van der Waals surface area contributed by atoms with E-state index in [1.54, 1.807) is 7.05 Å². The molecule has 0 saturated carbocycles. The Hall–Kier alpha value is -1.39. The smallest absolute Gasteiger partial charge is 0.246 e. The largest absolute Gasteiger partial charge is 0.371 e. The highest BCUT2D eigenvalue weighted by Crippen LogP contribution is 2.16. The molecule has 1 aromatic heterocycles. The summed E-state index contributed by atoms with van der Waals surface area (Å²) in [7, 11) is 1.71. The van der Waals surface area contributed by atoms with Crippen LogP contribution in [0.3, 0.4) is 0 Å². The van der Waals surface area contributed by atoms with Crippen molar-refractivity contribution in [3.05, 3.63) is 46.6 Å². The third kappa shape index (κ3) is 6.73. The second kappa shape index (κ2) is 11.3. The molecule has 2 aromatic rings. The zero-order valence-corrected chi connectivity index (χ0v) is 18.4. The number of benzene rings is 1. The van der Waals surface area contributed by atoms with Gasteiger partial charge in [0.2, 0.25) is 5.89 Å². The maximum Gasteiger partial charge on any atom is 0.246 e. The number of aromatic nitrogens is 2. The van der Waals surface area contributed by atoms with Crippen LogP contribution in [0.25, 0.3) is 0 Å². The van der Waals surface area contributed by atoms with Crippen molar-refractivity contribution in [2.75, 3.05) is 13.7 Å². The molecule has 26 heavy (non-hydrogen) atoms. The molecule has 0 radical (unpaired) electrons. The molecule has 2 N–H and O–H groups in total. The van der Waals surface area contributed by atoms with Crippen molar-refractivity contribution >= 4 is 41.5 Å². The zero-order chi connectivity index (χ0) is 18.2. The fourth-order valence-corrected chi connectivity index (χ4v) is 2.35. The molecule has 1 heterocycles. The molecular weight excluding hydrogens is 469 g/mol. The quantitative estimate of drug-likeness (QED) is 0.346. The van der Waals surface area contributed by atoms with Crippen molar-refractivity contribution in [2.45, 2.75) is 39.5 Å². The average molecular weight is 494 g/mol. The van der Waals surface area contributed by atoms with E-state index in [0.29, 0.717) is 35.8 Å². The van der Waals surface area contributed by atoms with Crippen LogP contribution in [0.5, 0.6) is 0 Å². The van der Waals surface area contributed by atoms with Gasteiger partial charge in [-0.15, -0.1) is 24.0 Å². The lowest BCUT2D eigenvalue weighted by Gasteiger charge is -2.17. The first-order valence-corrected chi connectivity index (χ1v) is 8.58. The molecule has 9 heteroatoms. The number of hydrogen-bond donors (Lipinski definition) is 2. The molecule has 0 amide bonds. The number of nitrogens with zero attached hydrogens (tertiary/aromatic N) is 3. The SMILES string of the molecule is CCOC(C)c1noc(CNC(=NC)NC(C)c2ccc(Cl)cc2)n1.I. The third-order valence-corrected chi connectivity index (χ3v) is 3.87. The molecule has 2 unspecified atom stereocenters. The van der Waals surface area contributed by atoms with E-state index in [-0.39, 0.29) is 36.1 Å². The van der Waals surface area contributed by atoms with Crippen molar-refractivity contribution < 1.29 is 9.26 Å². The zero-order valence-electron chi connectivity index (χ0n) is 15.3. The Morgan fingerprint density at radius 1 is 1.31 bits per heavy atom. The van der Waals surface area contributed by atoms with E-state index in [1.165, 1.54) is 0 Å². The normalized spacial score (nSPS) is 13.7. The highest BCUT2D eigenvalue weighted by molar-refractivity contribution is 14.0. The highest BCUT2D eigenvalue weighted by atomic mass is 127. The minimum Gasteiger partial charge on any atom is -0.371 e. The van der Waals surface area contributed by atoms with Crippen molar-refractivity contribution in [3.63, 3.8) is 0 Å². The maximum absolute atomic E-state index is 5.92. The summed E-state index contributed by atoms with van der Waals surface area (Å²) in [6.07, 6.45) is -0.190. The van der Waals surface area contributed by atoms with E-state index >= 15 is 0 Å². The molecule has 144 valence electrons. The molecule has 0 aliphatic heterocycles. The van der Waals surface area contributed by atoms with Gasteiger partial charge >= 0.3 is 0 Å². The van der Waals surface area contributed by atoms with Crippen molar-refractivity contribution in [1.29, 1.82) is 0 Å². The van der Waals surface area contributed by atoms with Crippen molar-refractivity contribution in [1.82, 2.24) is 20.8 Å². The van der Waals surface area contributed by atoms with Gasteiger partial charge in [0.1, 0.15) is 6.10 Å². The number of hydrogen-bond acceptors (Lipinski definition) is 5. The summed E-state index contributed by atoms with van der Waals surface area (Å²) >= 11 is 5.92. The molecule has 1 aromatic carbocycles. The van der Waals surface area contributed by atoms with Gasteiger partial charge < -0.3 is 19.9 Å². The minimum atomic E-state index is -0.190. The first-order chi connectivity index (χ1) is 12.0. The van der Waals surface area contributed by atoms with E-state index in [1.807, 2.05) is 45.0 Å². The predicted molar refractivity (Wildman–Crippen MR) is 113 cm³/mol. The molecular formula is C17H25ClIN5O2. The summed E-state index contributed by atoms with van der Waals surface area (Å²) in [6.45, 7) is 6.84. The van der Waals surface area contributed by atoms with Gasteiger partial charge in [-0.1, -0.05) is 28.9 Å². The van der Waals surface area contributed by atoms with Crippen LogP contribution >= 0.6 is 35.6 Å². The van der Waals surface area contributed by atoms with Gasteiger partial charge in [0.25, 0.3) is 0 Å². The van der Waals surface area contributed by atoms with E-state index in [4.69, 9.17) is 20.9 Å². The van der Waals surface area contributed by atoms with E-state index in [0.717, 1.165) is 5.56 Å². The van der Waals surface area contributed by atoms with Crippen molar-refractivity contribution in [3.8, 4) is 0 Å². The summed E-state index contributed by atoms with van der Waals surface area (Å²) in [6, 6.07) is 7.76.